The zero-order chi connectivity index (χ0) is 15.5. The van der Waals surface area contributed by atoms with Crippen LogP contribution in [0, 0.1) is 0 Å². The second-order valence-electron chi connectivity index (χ2n) is 5.45. The molecule has 1 N–H and O–H groups in total. The van der Waals surface area contributed by atoms with Crippen LogP contribution >= 0.6 is 0 Å². The number of carbonyl (C=O) groups is 1. The van der Waals surface area contributed by atoms with Gasteiger partial charge in [0.15, 0.2) is 0 Å². The first-order valence-electron chi connectivity index (χ1n) is 7.73. The molecule has 1 aromatic heterocycles. The molecule has 2 aromatic rings. The zero-order valence-electron chi connectivity index (χ0n) is 12.6. The maximum atomic E-state index is 12.6. The molecule has 3 rings (SSSR count). The lowest BCUT2D eigenvalue weighted by molar-refractivity contribution is 0.0525. The molecule has 0 fully saturated rings. The van der Waals surface area contributed by atoms with E-state index in [4.69, 9.17) is 4.74 Å². The quantitative estimate of drug-likeness (QED) is 0.886. The molecule has 0 bridgehead atoms. The summed E-state index contributed by atoms with van der Waals surface area (Å²) in [5.74, 6) is -0.398. The fourth-order valence-electron chi connectivity index (χ4n) is 3.09. The molecule has 0 aliphatic heterocycles. The van der Waals surface area contributed by atoms with Crippen LogP contribution in [0.5, 0.6) is 0 Å². The maximum absolute atomic E-state index is 12.6. The molecule has 0 amide bonds. The van der Waals surface area contributed by atoms with E-state index in [9.17, 15) is 9.59 Å². The second kappa shape index (κ2) is 6.18. The van der Waals surface area contributed by atoms with E-state index in [0.717, 1.165) is 42.5 Å². The van der Waals surface area contributed by atoms with Crippen LogP contribution in [-0.2, 0) is 17.6 Å². The standard InChI is InChI=1S/C18H19NO3/c1-2-22-18(21)16-13-10-6-7-11-14(13)19-17(20)15(16)12-8-4-3-5-9-12/h3-5,8-9H,2,6-7,10-11H2,1H3,(H,19,20). The molecule has 0 saturated heterocycles. The predicted octanol–water partition coefficient (Wildman–Crippen LogP) is 3.10. The SMILES string of the molecule is CCOC(=O)c1c2c([nH]c(=O)c1-c1ccccc1)CCCC2. The fraction of sp³-hybridized carbons (Fsp3) is 0.333. The summed E-state index contributed by atoms with van der Waals surface area (Å²) >= 11 is 0. The van der Waals surface area contributed by atoms with Gasteiger partial charge >= 0.3 is 5.97 Å². The van der Waals surface area contributed by atoms with Gasteiger partial charge in [-0.05, 0) is 43.7 Å². The molecule has 1 aliphatic carbocycles. The van der Waals surface area contributed by atoms with Crippen LogP contribution in [0.4, 0.5) is 0 Å². The highest BCUT2D eigenvalue weighted by Gasteiger charge is 2.26. The number of nitrogens with one attached hydrogen (secondary N) is 1. The summed E-state index contributed by atoms with van der Waals surface area (Å²) in [7, 11) is 0. The molecule has 0 unspecified atom stereocenters. The lowest BCUT2D eigenvalue weighted by Crippen LogP contribution is -2.24. The van der Waals surface area contributed by atoms with Gasteiger partial charge in [-0.25, -0.2) is 4.79 Å². The Kier molecular flexibility index (Phi) is 4.09. The van der Waals surface area contributed by atoms with Crippen LogP contribution in [-0.4, -0.2) is 17.6 Å². The minimum Gasteiger partial charge on any atom is -0.462 e. The van der Waals surface area contributed by atoms with E-state index in [1.807, 2.05) is 30.3 Å². The summed E-state index contributed by atoms with van der Waals surface area (Å²) in [4.78, 5) is 28.0. The lowest BCUT2D eigenvalue weighted by atomic mass is 9.88. The topological polar surface area (TPSA) is 59.2 Å². The third-order valence-corrected chi connectivity index (χ3v) is 4.05. The van der Waals surface area contributed by atoms with Crippen molar-refractivity contribution in [1.29, 1.82) is 0 Å². The number of H-pyrrole nitrogens is 1. The number of rotatable bonds is 3. The van der Waals surface area contributed by atoms with E-state index in [1.54, 1.807) is 6.92 Å². The molecule has 0 radical (unpaired) electrons. The first kappa shape index (κ1) is 14.6. The Labute approximate surface area is 129 Å². The second-order valence-corrected chi connectivity index (χ2v) is 5.45. The Morgan fingerprint density at radius 3 is 2.64 bits per heavy atom. The number of benzene rings is 1. The number of hydrogen-bond acceptors (Lipinski definition) is 3. The van der Waals surface area contributed by atoms with Gasteiger partial charge in [-0.3, -0.25) is 4.79 Å². The first-order valence-corrected chi connectivity index (χ1v) is 7.73. The van der Waals surface area contributed by atoms with Gasteiger partial charge in [0.1, 0.15) is 0 Å². The lowest BCUT2D eigenvalue weighted by Gasteiger charge is -2.20. The van der Waals surface area contributed by atoms with Gasteiger partial charge in [0.25, 0.3) is 5.56 Å². The first-order chi connectivity index (χ1) is 10.7. The normalized spacial score (nSPS) is 13.5. The van der Waals surface area contributed by atoms with E-state index in [-0.39, 0.29) is 5.56 Å². The zero-order valence-corrected chi connectivity index (χ0v) is 12.6. The van der Waals surface area contributed by atoms with Crippen molar-refractivity contribution in [3.63, 3.8) is 0 Å². The molecule has 4 nitrogen and oxygen atoms in total. The average Bonchev–Trinajstić information content (AvgIpc) is 2.54. The van der Waals surface area contributed by atoms with E-state index in [0.29, 0.717) is 17.7 Å². The van der Waals surface area contributed by atoms with Gasteiger partial charge in [0.2, 0.25) is 0 Å². The number of aromatic amines is 1. The summed E-state index contributed by atoms with van der Waals surface area (Å²) in [6, 6.07) is 9.32. The molecule has 1 aliphatic rings. The number of hydrogen-bond donors (Lipinski definition) is 1. The fourth-order valence-corrected chi connectivity index (χ4v) is 3.09. The molecule has 0 spiro atoms. The molecule has 114 valence electrons. The van der Waals surface area contributed by atoms with Crippen molar-refractivity contribution in [2.24, 2.45) is 0 Å². The summed E-state index contributed by atoms with van der Waals surface area (Å²) in [6.45, 7) is 2.08. The van der Waals surface area contributed by atoms with Crippen LogP contribution in [0.25, 0.3) is 11.1 Å². The van der Waals surface area contributed by atoms with Crippen molar-refractivity contribution < 1.29 is 9.53 Å². The van der Waals surface area contributed by atoms with Crippen molar-refractivity contribution in [2.75, 3.05) is 6.61 Å². The molecule has 0 atom stereocenters. The molecular formula is C18H19NO3. The van der Waals surface area contributed by atoms with E-state index >= 15 is 0 Å². The minimum atomic E-state index is -0.398. The Balaban J connectivity index is 2.28. The van der Waals surface area contributed by atoms with Crippen LogP contribution in [0.15, 0.2) is 35.1 Å². The summed E-state index contributed by atoms with van der Waals surface area (Å²) < 4.78 is 5.22. The molecule has 1 aromatic carbocycles. The number of esters is 1. The third-order valence-electron chi connectivity index (χ3n) is 4.05. The monoisotopic (exact) mass is 297 g/mol. The van der Waals surface area contributed by atoms with Gasteiger partial charge in [-0.2, -0.15) is 0 Å². The van der Waals surface area contributed by atoms with Crippen LogP contribution < -0.4 is 5.56 Å². The van der Waals surface area contributed by atoms with Gasteiger partial charge in [0.05, 0.1) is 17.7 Å². The number of aryl methyl sites for hydroxylation is 1. The molecule has 1 heterocycles. The Morgan fingerprint density at radius 1 is 1.18 bits per heavy atom. The van der Waals surface area contributed by atoms with Crippen molar-refractivity contribution in [3.8, 4) is 11.1 Å². The van der Waals surface area contributed by atoms with Crippen LogP contribution in [0.3, 0.4) is 0 Å². The molecule has 4 heteroatoms. The van der Waals surface area contributed by atoms with Crippen molar-refractivity contribution in [1.82, 2.24) is 4.98 Å². The number of pyridine rings is 1. The van der Waals surface area contributed by atoms with Crippen molar-refractivity contribution in [2.45, 2.75) is 32.6 Å². The summed E-state index contributed by atoms with van der Waals surface area (Å²) in [6.07, 6.45) is 3.68. The van der Waals surface area contributed by atoms with Crippen molar-refractivity contribution >= 4 is 5.97 Å². The van der Waals surface area contributed by atoms with Gasteiger partial charge < -0.3 is 9.72 Å². The number of carbonyl (C=O) groups excluding carboxylic acids is 1. The Hall–Kier alpha value is -2.36. The predicted molar refractivity (Wildman–Crippen MR) is 85.1 cm³/mol. The van der Waals surface area contributed by atoms with Crippen LogP contribution in [0.2, 0.25) is 0 Å². The number of aromatic nitrogens is 1. The van der Waals surface area contributed by atoms with Gasteiger partial charge in [-0.1, -0.05) is 30.3 Å². The largest absolute Gasteiger partial charge is 0.462 e. The van der Waals surface area contributed by atoms with Gasteiger partial charge in [0, 0.05) is 5.69 Å². The Morgan fingerprint density at radius 2 is 1.91 bits per heavy atom. The van der Waals surface area contributed by atoms with Crippen molar-refractivity contribution in [3.05, 3.63) is 57.5 Å². The highest BCUT2D eigenvalue weighted by Crippen LogP contribution is 2.29. The highest BCUT2D eigenvalue weighted by molar-refractivity contribution is 5.99. The van der Waals surface area contributed by atoms with E-state index in [1.165, 1.54) is 0 Å². The Bertz CT molecular complexity index is 747. The molecule has 0 saturated carbocycles. The van der Waals surface area contributed by atoms with E-state index in [2.05, 4.69) is 4.98 Å². The molecular weight excluding hydrogens is 278 g/mol. The van der Waals surface area contributed by atoms with E-state index < -0.39 is 5.97 Å². The summed E-state index contributed by atoms with van der Waals surface area (Å²) in [5, 5.41) is 0. The third kappa shape index (κ3) is 2.56. The number of ether oxygens (including phenoxy) is 1. The maximum Gasteiger partial charge on any atom is 0.339 e. The van der Waals surface area contributed by atoms with Gasteiger partial charge in [-0.15, -0.1) is 0 Å². The number of fused-ring (bicyclic) bond motifs is 1. The minimum absolute atomic E-state index is 0.213. The summed E-state index contributed by atoms with van der Waals surface area (Å²) in [5.41, 5.74) is 3.25. The van der Waals surface area contributed by atoms with Crippen LogP contribution in [0.1, 0.15) is 41.4 Å². The average molecular weight is 297 g/mol. The molecule has 22 heavy (non-hydrogen) atoms. The smallest absolute Gasteiger partial charge is 0.339 e. The highest BCUT2D eigenvalue weighted by atomic mass is 16.5.